The van der Waals surface area contributed by atoms with Gasteiger partial charge in [-0.15, -0.1) is 0 Å². The summed E-state index contributed by atoms with van der Waals surface area (Å²) >= 11 is 0. The molecule has 0 heterocycles. The summed E-state index contributed by atoms with van der Waals surface area (Å²) in [5.74, 6) is 0.142. The fourth-order valence-corrected chi connectivity index (χ4v) is 1.84. The molecule has 0 saturated carbocycles. The molecule has 0 saturated heterocycles. The third kappa shape index (κ3) is 3.63. The lowest BCUT2D eigenvalue weighted by atomic mass is 10.1. The third-order valence-electron chi connectivity index (χ3n) is 2.79. The zero-order chi connectivity index (χ0) is 13.7. The summed E-state index contributed by atoms with van der Waals surface area (Å²) in [4.78, 5) is 0. The minimum Gasteiger partial charge on any atom is -0.508 e. The van der Waals surface area contributed by atoms with Crippen LogP contribution in [0.25, 0.3) is 0 Å². The van der Waals surface area contributed by atoms with Gasteiger partial charge in [0.15, 0.2) is 0 Å². The van der Waals surface area contributed by atoms with E-state index in [-0.39, 0.29) is 11.5 Å². The van der Waals surface area contributed by atoms with Gasteiger partial charge in [-0.3, -0.25) is 0 Å². The highest BCUT2D eigenvalue weighted by Crippen LogP contribution is 2.23. The quantitative estimate of drug-likeness (QED) is 0.772. The highest BCUT2D eigenvalue weighted by atomic mass is 16.5. The van der Waals surface area contributed by atoms with Crippen LogP contribution >= 0.6 is 0 Å². The molecule has 0 amide bonds. The standard InChI is InChI=1S/C15H17NO3/c1-19-10-11-3-2-4-13(7-11)16-9-12-5-6-14(17)8-15(12)18/h2-8,16-18H,9-10H2,1H3. The maximum absolute atomic E-state index is 9.69. The largest absolute Gasteiger partial charge is 0.508 e. The molecule has 0 aliphatic carbocycles. The Balaban J connectivity index is 2.03. The lowest BCUT2D eigenvalue weighted by Gasteiger charge is -2.09. The monoisotopic (exact) mass is 259 g/mol. The zero-order valence-corrected chi connectivity index (χ0v) is 10.8. The van der Waals surface area contributed by atoms with Gasteiger partial charge in [0.2, 0.25) is 0 Å². The second kappa shape index (κ2) is 6.11. The van der Waals surface area contributed by atoms with E-state index in [0.29, 0.717) is 13.2 Å². The van der Waals surface area contributed by atoms with Gasteiger partial charge < -0.3 is 20.3 Å². The summed E-state index contributed by atoms with van der Waals surface area (Å²) in [7, 11) is 1.66. The van der Waals surface area contributed by atoms with E-state index in [2.05, 4.69) is 5.32 Å². The maximum Gasteiger partial charge on any atom is 0.124 e. The van der Waals surface area contributed by atoms with Crippen molar-refractivity contribution in [3.63, 3.8) is 0 Å². The Morgan fingerprint density at radius 3 is 2.68 bits per heavy atom. The molecular weight excluding hydrogens is 242 g/mol. The second-order valence-corrected chi connectivity index (χ2v) is 4.30. The smallest absolute Gasteiger partial charge is 0.124 e. The molecule has 2 aromatic carbocycles. The fraction of sp³-hybridized carbons (Fsp3) is 0.200. The van der Waals surface area contributed by atoms with Crippen LogP contribution in [0.3, 0.4) is 0 Å². The summed E-state index contributed by atoms with van der Waals surface area (Å²) in [6, 6.07) is 12.5. The third-order valence-corrected chi connectivity index (χ3v) is 2.79. The molecule has 4 nitrogen and oxygen atoms in total. The molecule has 0 aromatic heterocycles. The van der Waals surface area contributed by atoms with Crippen LogP contribution in [-0.4, -0.2) is 17.3 Å². The number of aromatic hydroxyl groups is 2. The second-order valence-electron chi connectivity index (χ2n) is 4.30. The summed E-state index contributed by atoms with van der Waals surface area (Å²) in [6.07, 6.45) is 0. The molecule has 0 aliphatic heterocycles. The molecule has 2 aromatic rings. The van der Waals surface area contributed by atoms with Crippen LogP contribution in [-0.2, 0) is 17.9 Å². The van der Waals surface area contributed by atoms with Crippen LogP contribution in [0.1, 0.15) is 11.1 Å². The van der Waals surface area contributed by atoms with Crippen LogP contribution in [0.15, 0.2) is 42.5 Å². The van der Waals surface area contributed by atoms with Crippen molar-refractivity contribution < 1.29 is 14.9 Å². The molecule has 3 N–H and O–H groups in total. The van der Waals surface area contributed by atoms with E-state index >= 15 is 0 Å². The number of phenolic OH excluding ortho intramolecular Hbond substituents is 2. The molecule has 0 bridgehead atoms. The van der Waals surface area contributed by atoms with Crippen LogP contribution in [0.4, 0.5) is 5.69 Å². The van der Waals surface area contributed by atoms with Crippen molar-refractivity contribution in [3.05, 3.63) is 53.6 Å². The van der Waals surface area contributed by atoms with Crippen molar-refractivity contribution in [2.75, 3.05) is 12.4 Å². The van der Waals surface area contributed by atoms with E-state index in [0.717, 1.165) is 16.8 Å². The normalized spacial score (nSPS) is 10.4. The van der Waals surface area contributed by atoms with E-state index in [4.69, 9.17) is 4.74 Å². The van der Waals surface area contributed by atoms with Crippen molar-refractivity contribution in [2.45, 2.75) is 13.2 Å². The van der Waals surface area contributed by atoms with Gasteiger partial charge in [0.05, 0.1) is 6.61 Å². The predicted molar refractivity (Wildman–Crippen MR) is 74.3 cm³/mol. The van der Waals surface area contributed by atoms with Gasteiger partial charge in [0.25, 0.3) is 0 Å². The number of anilines is 1. The topological polar surface area (TPSA) is 61.7 Å². The average molecular weight is 259 g/mol. The van der Waals surface area contributed by atoms with Crippen LogP contribution in [0.5, 0.6) is 11.5 Å². The average Bonchev–Trinajstić information content (AvgIpc) is 2.38. The fourth-order valence-electron chi connectivity index (χ4n) is 1.84. The van der Waals surface area contributed by atoms with Crippen LogP contribution in [0, 0.1) is 0 Å². The number of methoxy groups -OCH3 is 1. The van der Waals surface area contributed by atoms with Gasteiger partial charge in [0, 0.05) is 31.0 Å². The lowest BCUT2D eigenvalue weighted by Crippen LogP contribution is -2.00. The predicted octanol–water partition coefficient (Wildman–Crippen LogP) is 2.86. The van der Waals surface area contributed by atoms with Gasteiger partial charge in [-0.05, 0) is 29.8 Å². The Morgan fingerprint density at radius 1 is 1.11 bits per heavy atom. The molecule has 0 fully saturated rings. The van der Waals surface area contributed by atoms with E-state index in [1.165, 1.54) is 6.07 Å². The molecule has 2 rings (SSSR count). The molecule has 100 valence electrons. The van der Waals surface area contributed by atoms with Gasteiger partial charge in [-0.25, -0.2) is 0 Å². The number of phenols is 2. The molecular formula is C15H17NO3. The van der Waals surface area contributed by atoms with Crippen molar-refractivity contribution >= 4 is 5.69 Å². The van der Waals surface area contributed by atoms with Gasteiger partial charge in [-0.1, -0.05) is 12.1 Å². The Bertz CT molecular complexity index is 555. The SMILES string of the molecule is COCc1cccc(NCc2ccc(O)cc2O)c1. The summed E-state index contributed by atoms with van der Waals surface area (Å²) in [5, 5.41) is 22.1. The number of hydrogen-bond acceptors (Lipinski definition) is 4. The van der Waals surface area contributed by atoms with Gasteiger partial charge >= 0.3 is 0 Å². The van der Waals surface area contributed by atoms with Crippen LogP contribution in [0.2, 0.25) is 0 Å². The van der Waals surface area contributed by atoms with E-state index < -0.39 is 0 Å². The van der Waals surface area contributed by atoms with Crippen molar-refractivity contribution in [1.29, 1.82) is 0 Å². The maximum atomic E-state index is 9.69. The highest BCUT2D eigenvalue weighted by molar-refractivity contribution is 5.48. The molecule has 0 aliphatic rings. The first-order valence-corrected chi connectivity index (χ1v) is 6.01. The Morgan fingerprint density at radius 2 is 1.95 bits per heavy atom. The molecule has 0 unspecified atom stereocenters. The minimum atomic E-state index is 0.0586. The molecule has 4 heteroatoms. The van der Waals surface area contributed by atoms with Crippen molar-refractivity contribution in [3.8, 4) is 11.5 Å². The van der Waals surface area contributed by atoms with E-state index in [1.807, 2.05) is 24.3 Å². The molecule has 0 atom stereocenters. The number of benzene rings is 2. The zero-order valence-electron chi connectivity index (χ0n) is 10.8. The minimum absolute atomic E-state index is 0.0586. The van der Waals surface area contributed by atoms with Crippen molar-refractivity contribution in [2.24, 2.45) is 0 Å². The van der Waals surface area contributed by atoms with Crippen LogP contribution < -0.4 is 5.32 Å². The first-order valence-electron chi connectivity index (χ1n) is 6.01. The summed E-state index contributed by atoms with van der Waals surface area (Å²) in [5.41, 5.74) is 2.78. The van der Waals surface area contributed by atoms with Crippen molar-refractivity contribution in [1.82, 2.24) is 0 Å². The Hall–Kier alpha value is -2.20. The summed E-state index contributed by atoms with van der Waals surface area (Å²) < 4.78 is 5.08. The molecule has 19 heavy (non-hydrogen) atoms. The Labute approximate surface area is 112 Å². The molecule has 0 spiro atoms. The van der Waals surface area contributed by atoms with E-state index in [1.54, 1.807) is 19.2 Å². The lowest BCUT2D eigenvalue weighted by molar-refractivity contribution is 0.185. The first kappa shape index (κ1) is 13.2. The van der Waals surface area contributed by atoms with Gasteiger partial charge in [0.1, 0.15) is 11.5 Å². The number of ether oxygens (including phenoxy) is 1. The summed E-state index contributed by atoms with van der Waals surface area (Å²) in [6.45, 7) is 1.06. The van der Waals surface area contributed by atoms with E-state index in [9.17, 15) is 10.2 Å². The number of nitrogens with one attached hydrogen (secondary N) is 1. The highest BCUT2D eigenvalue weighted by Gasteiger charge is 2.02. The number of hydrogen-bond donors (Lipinski definition) is 3. The first-order chi connectivity index (χ1) is 9.19. The molecule has 0 radical (unpaired) electrons. The Kier molecular flexibility index (Phi) is 4.26. The van der Waals surface area contributed by atoms with Gasteiger partial charge in [-0.2, -0.15) is 0 Å². The number of rotatable bonds is 5.